The zero-order valence-corrected chi connectivity index (χ0v) is 13.1. The van der Waals surface area contributed by atoms with Crippen LogP contribution in [0.2, 0.25) is 5.02 Å². The van der Waals surface area contributed by atoms with Gasteiger partial charge in [0.2, 0.25) is 5.91 Å². The molecule has 1 aromatic rings. The van der Waals surface area contributed by atoms with Gasteiger partial charge in [-0.2, -0.15) is 0 Å². The molecule has 0 aromatic heterocycles. The van der Waals surface area contributed by atoms with Crippen molar-refractivity contribution in [3.63, 3.8) is 0 Å². The molecule has 0 saturated carbocycles. The van der Waals surface area contributed by atoms with E-state index < -0.39 is 0 Å². The average molecular weight is 297 g/mol. The van der Waals surface area contributed by atoms with Gasteiger partial charge in [0.25, 0.3) is 0 Å². The van der Waals surface area contributed by atoms with Gasteiger partial charge >= 0.3 is 0 Å². The number of rotatable bonds is 8. The molecule has 0 bridgehead atoms. The van der Waals surface area contributed by atoms with E-state index in [2.05, 4.69) is 12.2 Å². The third kappa shape index (κ3) is 5.93. The number of halogens is 1. The molecule has 0 aliphatic carbocycles. The highest BCUT2D eigenvalue weighted by Crippen LogP contribution is 2.17. The van der Waals surface area contributed by atoms with Crippen molar-refractivity contribution in [2.24, 2.45) is 11.7 Å². The smallest absolute Gasteiger partial charge is 0.220 e. The van der Waals surface area contributed by atoms with Gasteiger partial charge in [0.1, 0.15) is 0 Å². The number of amides is 1. The van der Waals surface area contributed by atoms with Gasteiger partial charge in [-0.1, -0.05) is 37.1 Å². The van der Waals surface area contributed by atoms with Crippen LogP contribution < -0.4 is 11.1 Å². The van der Waals surface area contributed by atoms with Crippen LogP contribution in [0.1, 0.15) is 51.1 Å². The summed E-state index contributed by atoms with van der Waals surface area (Å²) in [6.07, 6.45) is 3.55. The van der Waals surface area contributed by atoms with Crippen LogP contribution in [0.5, 0.6) is 0 Å². The van der Waals surface area contributed by atoms with Crippen molar-refractivity contribution < 1.29 is 4.79 Å². The van der Waals surface area contributed by atoms with Crippen molar-refractivity contribution in [2.45, 2.75) is 45.6 Å². The normalized spacial score (nSPS) is 13.8. The summed E-state index contributed by atoms with van der Waals surface area (Å²) in [5.74, 6) is 0.652. The summed E-state index contributed by atoms with van der Waals surface area (Å²) in [5.41, 5.74) is 6.64. The maximum Gasteiger partial charge on any atom is 0.220 e. The number of nitrogens with two attached hydrogens (primary N) is 1. The van der Waals surface area contributed by atoms with Gasteiger partial charge in [0.05, 0.1) is 6.04 Å². The van der Waals surface area contributed by atoms with E-state index >= 15 is 0 Å². The van der Waals surface area contributed by atoms with Gasteiger partial charge in [-0.05, 0) is 49.9 Å². The number of hydrogen-bond donors (Lipinski definition) is 2. The van der Waals surface area contributed by atoms with Gasteiger partial charge in [-0.15, -0.1) is 0 Å². The second-order valence-corrected chi connectivity index (χ2v) is 5.67. The Kier molecular flexibility index (Phi) is 7.63. The first kappa shape index (κ1) is 17.0. The molecule has 1 aromatic carbocycles. The Balaban J connectivity index is 2.39. The van der Waals surface area contributed by atoms with Gasteiger partial charge in [0, 0.05) is 11.4 Å². The summed E-state index contributed by atoms with van der Waals surface area (Å²) in [5, 5.41) is 3.73. The SMILES string of the molecule is CCC(CCN)CCC(=O)NC(C)c1ccc(Cl)cc1. The zero-order chi connectivity index (χ0) is 15.0. The van der Waals surface area contributed by atoms with Gasteiger partial charge in [0.15, 0.2) is 0 Å². The van der Waals surface area contributed by atoms with Crippen LogP contribution >= 0.6 is 11.6 Å². The van der Waals surface area contributed by atoms with E-state index in [9.17, 15) is 4.79 Å². The molecule has 0 fully saturated rings. The van der Waals surface area contributed by atoms with Gasteiger partial charge in [-0.3, -0.25) is 4.79 Å². The second-order valence-electron chi connectivity index (χ2n) is 5.23. The molecule has 0 radical (unpaired) electrons. The minimum Gasteiger partial charge on any atom is -0.350 e. The third-order valence-corrected chi connectivity index (χ3v) is 3.93. The molecule has 112 valence electrons. The number of carbonyl (C=O) groups is 1. The summed E-state index contributed by atoms with van der Waals surface area (Å²) in [7, 11) is 0. The molecule has 1 rings (SSSR count). The summed E-state index contributed by atoms with van der Waals surface area (Å²) in [6.45, 7) is 4.83. The van der Waals surface area contributed by atoms with Crippen LogP contribution in [-0.2, 0) is 4.79 Å². The molecule has 0 spiro atoms. The van der Waals surface area contributed by atoms with Crippen LogP contribution in [0.15, 0.2) is 24.3 Å². The summed E-state index contributed by atoms with van der Waals surface area (Å²) in [6, 6.07) is 7.57. The third-order valence-electron chi connectivity index (χ3n) is 3.68. The fourth-order valence-corrected chi connectivity index (χ4v) is 2.40. The van der Waals surface area contributed by atoms with Crippen molar-refractivity contribution in [3.05, 3.63) is 34.9 Å². The lowest BCUT2D eigenvalue weighted by molar-refractivity contribution is -0.122. The lowest BCUT2D eigenvalue weighted by Crippen LogP contribution is -2.27. The van der Waals surface area contributed by atoms with E-state index in [4.69, 9.17) is 17.3 Å². The highest BCUT2D eigenvalue weighted by molar-refractivity contribution is 6.30. The Bertz CT molecular complexity index is 405. The largest absolute Gasteiger partial charge is 0.350 e. The monoisotopic (exact) mass is 296 g/mol. The van der Waals surface area contributed by atoms with Crippen LogP contribution in [0.25, 0.3) is 0 Å². The molecule has 0 heterocycles. The van der Waals surface area contributed by atoms with Crippen molar-refractivity contribution in [2.75, 3.05) is 6.54 Å². The summed E-state index contributed by atoms with van der Waals surface area (Å²) in [4.78, 5) is 11.9. The minimum atomic E-state index is 0.00866. The Morgan fingerprint density at radius 2 is 1.95 bits per heavy atom. The second kappa shape index (κ2) is 8.98. The Morgan fingerprint density at radius 3 is 2.50 bits per heavy atom. The van der Waals surface area contributed by atoms with Crippen LogP contribution in [-0.4, -0.2) is 12.5 Å². The lowest BCUT2D eigenvalue weighted by atomic mass is 9.96. The molecule has 0 saturated heterocycles. The van der Waals surface area contributed by atoms with E-state index in [0.717, 1.165) is 24.8 Å². The molecule has 2 unspecified atom stereocenters. The molecule has 4 heteroatoms. The van der Waals surface area contributed by atoms with Crippen molar-refractivity contribution in [1.82, 2.24) is 5.32 Å². The van der Waals surface area contributed by atoms with Gasteiger partial charge < -0.3 is 11.1 Å². The standard InChI is InChI=1S/C16H25ClN2O/c1-3-13(10-11-18)4-9-16(20)19-12(2)14-5-7-15(17)8-6-14/h5-8,12-13H,3-4,9-11,18H2,1-2H3,(H,19,20). The van der Waals surface area contributed by atoms with E-state index in [1.807, 2.05) is 31.2 Å². The highest BCUT2D eigenvalue weighted by atomic mass is 35.5. The lowest BCUT2D eigenvalue weighted by Gasteiger charge is -2.16. The Hall–Kier alpha value is -1.06. The average Bonchev–Trinajstić information content (AvgIpc) is 2.44. The molecule has 0 aliphatic heterocycles. The Morgan fingerprint density at radius 1 is 1.30 bits per heavy atom. The van der Waals surface area contributed by atoms with E-state index in [0.29, 0.717) is 23.9 Å². The zero-order valence-electron chi connectivity index (χ0n) is 12.4. The van der Waals surface area contributed by atoms with E-state index in [1.165, 1.54) is 0 Å². The topological polar surface area (TPSA) is 55.1 Å². The number of benzene rings is 1. The molecule has 0 aliphatic rings. The van der Waals surface area contributed by atoms with E-state index in [1.54, 1.807) is 0 Å². The van der Waals surface area contributed by atoms with Crippen molar-refractivity contribution in [1.29, 1.82) is 0 Å². The van der Waals surface area contributed by atoms with E-state index in [-0.39, 0.29) is 11.9 Å². The van der Waals surface area contributed by atoms with Crippen molar-refractivity contribution in [3.8, 4) is 0 Å². The first-order chi connectivity index (χ1) is 9.56. The predicted octanol–water partition coefficient (Wildman–Crippen LogP) is 3.67. The number of nitrogens with one attached hydrogen (secondary N) is 1. The van der Waals surface area contributed by atoms with Gasteiger partial charge in [-0.25, -0.2) is 0 Å². The molecule has 2 atom stereocenters. The first-order valence-electron chi connectivity index (χ1n) is 7.31. The maximum atomic E-state index is 11.9. The highest BCUT2D eigenvalue weighted by Gasteiger charge is 2.12. The van der Waals surface area contributed by atoms with Crippen LogP contribution in [0, 0.1) is 5.92 Å². The molecule has 1 amide bonds. The van der Waals surface area contributed by atoms with Crippen LogP contribution in [0.3, 0.4) is 0 Å². The molecule has 20 heavy (non-hydrogen) atoms. The quantitative estimate of drug-likeness (QED) is 0.769. The molecular weight excluding hydrogens is 272 g/mol. The fourth-order valence-electron chi connectivity index (χ4n) is 2.27. The number of hydrogen-bond acceptors (Lipinski definition) is 2. The molecule has 3 nitrogen and oxygen atoms in total. The summed E-state index contributed by atoms with van der Waals surface area (Å²) < 4.78 is 0. The minimum absolute atomic E-state index is 0.00866. The Labute approximate surface area is 126 Å². The predicted molar refractivity (Wildman–Crippen MR) is 84.7 cm³/mol. The molecule has 3 N–H and O–H groups in total. The number of carbonyl (C=O) groups excluding carboxylic acids is 1. The first-order valence-corrected chi connectivity index (χ1v) is 7.69. The fraction of sp³-hybridized carbons (Fsp3) is 0.562. The maximum absolute atomic E-state index is 11.9. The van der Waals surface area contributed by atoms with Crippen molar-refractivity contribution >= 4 is 17.5 Å². The molecular formula is C16H25ClN2O. The summed E-state index contributed by atoms with van der Waals surface area (Å²) >= 11 is 5.85. The van der Waals surface area contributed by atoms with Crippen LogP contribution in [0.4, 0.5) is 0 Å².